The van der Waals surface area contributed by atoms with Crippen molar-refractivity contribution in [3.8, 4) is 11.8 Å². The maximum absolute atomic E-state index is 10.8. The van der Waals surface area contributed by atoms with E-state index in [1.807, 2.05) is 0 Å². The van der Waals surface area contributed by atoms with Gasteiger partial charge < -0.3 is 5.11 Å². The molecule has 0 aliphatic heterocycles. The first kappa shape index (κ1) is 9.84. The lowest BCUT2D eigenvalue weighted by Crippen LogP contribution is -1.91. The lowest BCUT2D eigenvalue weighted by molar-refractivity contribution is 0.459. The first-order chi connectivity index (χ1) is 5.95. The molecular formula is C7H4ClNO3S. The van der Waals surface area contributed by atoms with Gasteiger partial charge in [-0.1, -0.05) is 0 Å². The van der Waals surface area contributed by atoms with E-state index in [1.54, 1.807) is 6.07 Å². The smallest absolute Gasteiger partial charge is 0.265 e. The third kappa shape index (κ3) is 2.11. The predicted molar refractivity (Wildman–Crippen MR) is 45.9 cm³/mol. The van der Waals surface area contributed by atoms with Gasteiger partial charge in [-0.3, -0.25) is 0 Å². The minimum Gasteiger partial charge on any atom is -0.507 e. The second-order valence-electron chi connectivity index (χ2n) is 2.23. The first-order valence-electron chi connectivity index (χ1n) is 3.13. The standard InChI is InChI=1S/C7H4ClNO3S/c8-13(11,12)7-3-5(4-9)1-2-6(7)10/h1-3,10H. The fourth-order valence-corrected chi connectivity index (χ4v) is 1.74. The van der Waals surface area contributed by atoms with Crippen LogP contribution in [0.4, 0.5) is 0 Å². The number of phenolic OH excluding ortho intramolecular Hbond substituents is 1. The molecule has 0 aliphatic rings. The van der Waals surface area contributed by atoms with Crippen LogP contribution in [0.3, 0.4) is 0 Å². The molecule has 0 saturated heterocycles. The number of nitriles is 1. The molecule has 1 N–H and O–H groups in total. The lowest BCUT2D eigenvalue weighted by atomic mass is 10.2. The number of phenols is 1. The van der Waals surface area contributed by atoms with Crippen molar-refractivity contribution in [1.29, 1.82) is 5.26 Å². The average Bonchev–Trinajstić information content (AvgIpc) is 2.03. The number of nitrogens with zero attached hydrogens (tertiary/aromatic N) is 1. The SMILES string of the molecule is N#Cc1ccc(O)c(S(=O)(=O)Cl)c1. The van der Waals surface area contributed by atoms with Crippen LogP contribution in [0.5, 0.6) is 5.75 Å². The summed E-state index contributed by atoms with van der Waals surface area (Å²) in [7, 11) is 1.00. The molecule has 4 nitrogen and oxygen atoms in total. The quantitative estimate of drug-likeness (QED) is 0.717. The van der Waals surface area contributed by atoms with Crippen molar-refractivity contribution in [3.63, 3.8) is 0 Å². The summed E-state index contributed by atoms with van der Waals surface area (Å²) in [6.07, 6.45) is 0. The van der Waals surface area contributed by atoms with E-state index >= 15 is 0 Å². The van der Waals surface area contributed by atoms with Crippen molar-refractivity contribution >= 4 is 19.7 Å². The number of rotatable bonds is 1. The van der Waals surface area contributed by atoms with Crippen LogP contribution in [-0.4, -0.2) is 13.5 Å². The van der Waals surface area contributed by atoms with E-state index in [0.717, 1.165) is 12.1 Å². The molecule has 13 heavy (non-hydrogen) atoms. The molecule has 0 aromatic heterocycles. The number of hydrogen-bond donors (Lipinski definition) is 1. The van der Waals surface area contributed by atoms with Gasteiger partial charge in [0.2, 0.25) is 0 Å². The van der Waals surface area contributed by atoms with Crippen molar-refractivity contribution in [1.82, 2.24) is 0 Å². The van der Waals surface area contributed by atoms with Crippen molar-refractivity contribution < 1.29 is 13.5 Å². The predicted octanol–water partition coefficient (Wildman–Crippen LogP) is 1.19. The summed E-state index contributed by atoms with van der Waals surface area (Å²) in [4.78, 5) is -0.451. The summed E-state index contributed by atoms with van der Waals surface area (Å²) in [5, 5.41) is 17.5. The van der Waals surface area contributed by atoms with Crippen LogP contribution in [-0.2, 0) is 9.05 Å². The molecule has 0 spiro atoms. The Morgan fingerprint density at radius 1 is 1.46 bits per heavy atom. The Labute approximate surface area is 79.4 Å². The molecule has 0 unspecified atom stereocenters. The van der Waals surface area contributed by atoms with Gasteiger partial charge in [-0.25, -0.2) is 8.42 Å². The molecule has 0 heterocycles. The van der Waals surface area contributed by atoms with Crippen LogP contribution in [0.25, 0.3) is 0 Å². The van der Waals surface area contributed by atoms with Crippen LogP contribution in [0.1, 0.15) is 5.56 Å². The summed E-state index contributed by atoms with van der Waals surface area (Å²) in [5.74, 6) is -0.464. The van der Waals surface area contributed by atoms with Crippen LogP contribution in [0, 0.1) is 11.3 Å². The van der Waals surface area contributed by atoms with E-state index in [4.69, 9.17) is 21.1 Å². The maximum Gasteiger partial charge on any atom is 0.265 e. The second-order valence-corrected chi connectivity index (χ2v) is 4.77. The highest BCUT2D eigenvalue weighted by Gasteiger charge is 2.15. The Kier molecular flexibility index (Phi) is 2.45. The Hall–Kier alpha value is -1.25. The second kappa shape index (κ2) is 3.24. The zero-order valence-corrected chi connectivity index (χ0v) is 7.80. The largest absolute Gasteiger partial charge is 0.507 e. The minimum absolute atomic E-state index is 0.122. The monoisotopic (exact) mass is 217 g/mol. The molecule has 1 aromatic rings. The Morgan fingerprint density at radius 2 is 2.08 bits per heavy atom. The average molecular weight is 218 g/mol. The van der Waals surface area contributed by atoms with Gasteiger partial charge in [0.05, 0.1) is 11.6 Å². The van der Waals surface area contributed by atoms with E-state index < -0.39 is 19.7 Å². The molecule has 0 radical (unpaired) electrons. The van der Waals surface area contributed by atoms with Gasteiger partial charge in [-0.2, -0.15) is 5.26 Å². The third-order valence-electron chi connectivity index (χ3n) is 1.35. The van der Waals surface area contributed by atoms with Crippen LogP contribution >= 0.6 is 10.7 Å². The van der Waals surface area contributed by atoms with E-state index in [2.05, 4.69) is 0 Å². The molecule has 1 rings (SSSR count). The highest BCUT2D eigenvalue weighted by atomic mass is 35.7. The number of hydrogen-bond acceptors (Lipinski definition) is 4. The number of halogens is 1. The zero-order valence-electron chi connectivity index (χ0n) is 6.23. The van der Waals surface area contributed by atoms with E-state index in [0.29, 0.717) is 0 Å². The molecule has 1 aromatic carbocycles. The summed E-state index contributed by atoms with van der Waals surface area (Å²) in [5.41, 5.74) is 0.122. The molecule has 0 bridgehead atoms. The van der Waals surface area contributed by atoms with Crippen LogP contribution in [0.15, 0.2) is 23.1 Å². The van der Waals surface area contributed by atoms with Gasteiger partial charge in [0, 0.05) is 10.7 Å². The molecule has 0 amide bonds. The van der Waals surface area contributed by atoms with Crippen LogP contribution in [0.2, 0.25) is 0 Å². The first-order valence-corrected chi connectivity index (χ1v) is 5.44. The summed E-state index contributed by atoms with van der Waals surface area (Å²) in [6, 6.07) is 5.14. The van der Waals surface area contributed by atoms with Crippen molar-refractivity contribution in [2.24, 2.45) is 0 Å². The third-order valence-corrected chi connectivity index (χ3v) is 2.70. The van der Waals surface area contributed by atoms with Gasteiger partial charge in [0.25, 0.3) is 9.05 Å². The topological polar surface area (TPSA) is 78.2 Å². The van der Waals surface area contributed by atoms with E-state index in [-0.39, 0.29) is 5.56 Å². The highest BCUT2D eigenvalue weighted by molar-refractivity contribution is 8.13. The maximum atomic E-state index is 10.8. The Bertz CT molecular complexity index is 475. The summed E-state index contributed by atoms with van der Waals surface area (Å²) < 4.78 is 21.6. The van der Waals surface area contributed by atoms with E-state index in [9.17, 15) is 8.42 Å². The van der Waals surface area contributed by atoms with Gasteiger partial charge in [-0.05, 0) is 18.2 Å². The van der Waals surface area contributed by atoms with E-state index in [1.165, 1.54) is 6.07 Å². The molecular weight excluding hydrogens is 214 g/mol. The molecule has 0 atom stereocenters. The van der Waals surface area contributed by atoms with Gasteiger partial charge in [0.1, 0.15) is 10.6 Å². The van der Waals surface area contributed by atoms with Gasteiger partial charge >= 0.3 is 0 Å². The summed E-state index contributed by atoms with van der Waals surface area (Å²) in [6.45, 7) is 0. The molecule has 68 valence electrons. The van der Waals surface area contributed by atoms with Crippen LogP contribution < -0.4 is 0 Å². The Balaban J connectivity index is 3.47. The lowest BCUT2D eigenvalue weighted by Gasteiger charge is -1.99. The zero-order chi connectivity index (χ0) is 10.1. The summed E-state index contributed by atoms with van der Waals surface area (Å²) >= 11 is 0. The molecule has 0 fully saturated rings. The fraction of sp³-hybridized carbons (Fsp3) is 0. The number of benzene rings is 1. The fourth-order valence-electron chi connectivity index (χ4n) is 0.779. The number of aromatic hydroxyl groups is 1. The van der Waals surface area contributed by atoms with Crippen molar-refractivity contribution in [2.45, 2.75) is 4.90 Å². The highest BCUT2D eigenvalue weighted by Crippen LogP contribution is 2.26. The minimum atomic E-state index is -3.99. The van der Waals surface area contributed by atoms with Crippen molar-refractivity contribution in [3.05, 3.63) is 23.8 Å². The Morgan fingerprint density at radius 3 is 2.54 bits per heavy atom. The molecule has 6 heteroatoms. The normalized spacial score (nSPS) is 10.8. The van der Waals surface area contributed by atoms with Gasteiger partial charge in [0.15, 0.2) is 0 Å². The molecule has 0 saturated carbocycles. The van der Waals surface area contributed by atoms with Crippen molar-refractivity contribution in [2.75, 3.05) is 0 Å². The van der Waals surface area contributed by atoms with Gasteiger partial charge in [-0.15, -0.1) is 0 Å². The molecule has 0 aliphatic carbocycles.